The first-order chi connectivity index (χ1) is 17.8. The zero-order valence-corrected chi connectivity index (χ0v) is 20.3. The lowest BCUT2D eigenvalue weighted by atomic mass is 9.88. The van der Waals surface area contributed by atoms with Crippen LogP contribution in [0.4, 0.5) is 0 Å². The highest BCUT2D eigenvalue weighted by molar-refractivity contribution is 6.33. The lowest BCUT2D eigenvalue weighted by molar-refractivity contribution is 1.53. The summed E-state index contributed by atoms with van der Waals surface area (Å²) in [6.45, 7) is 0. The number of aromatic amines is 1. The highest BCUT2D eigenvalue weighted by atomic mass is 35.5. The Labute approximate surface area is 214 Å². The molecular weight excluding hydrogens is 458 g/mol. The number of aromatic nitrogens is 1. The van der Waals surface area contributed by atoms with Gasteiger partial charge >= 0.3 is 0 Å². The van der Waals surface area contributed by atoms with E-state index >= 15 is 0 Å². The number of rotatable bonds is 3. The Balaban J connectivity index is 1.49. The second kappa shape index (κ2) is 8.41. The summed E-state index contributed by atoms with van der Waals surface area (Å²) in [5.74, 6) is 0. The molecule has 36 heavy (non-hydrogen) atoms. The first-order valence-corrected chi connectivity index (χ1v) is 12.5. The van der Waals surface area contributed by atoms with Crippen molar-refractivity contribution in [2.75, 3.05) is 0 Å². The first-order valence-electron chi connectivity index (χ1n) is 12.1. The van der Waals surface area contributed by atoms with E-state index in [9.17, 15) is 0 Å². The smallest absolute Gasteiger partial charge is 0.0544 e. The molecule has 1 heterocycles. The topological polar surface area (TPSA) is 15.8 Å². The molecule has 0 amide bonds. The van der Waals surface area contributed by atoms with Crippen LogP contribution in [0, 0.1) is 0 Å². The second-order valence-electron chi connectivity index (χ2n) is 9.17. The van der Waals surface area contributed by atoms with E-state index in [2.05, 4.69) is 114 Å². The zero-order valence-electron chi connectivity index (χ0n) is 19.5. The maximum absolute atomic E-state index is 6.48. The number of halogens is 1. The Hall–Kier alpha value is -4.33. The van der Waals surface area contributed by atoms with Gasteiger partial charge in [0.05, 0.1) is 5.52 Å². The Kier molecular flexibility index (Phi) is 4.90. The molecule has 0 fully saturated rings. The monoisotopic (exact) mass is 479 g/mol. The van der Waals surface area contributed by atoms with Crippen LogP contribution in [-0.4, -0.2) is 4.98 Å². The van der Waals surface area contributed by atoms with Gasteiger partial charge in [0, 0.05) is 32.4 Å². The molecule has 1 N–H and O–H groups in total. The number of hydrogen-bond acceptors (Lipinski definition) is 0. The first kappa shape index (κ1) is 21.0. The summed E-state index contributed by atoms with van der Waals surface area (Å²) >= 11 is 6.48. The van der Waals surface area contributed by atoms with E-state index in [-0.39, 0.29) is 0 Å². The second-order valence-corrected chi connectivity index (χ2v) is 9.57. The van der Waals surface area contributed by atoms with Gasteiger partial charge in [-0.25, -0.2) is 0 Å². The fourth-order valence-corrected chi connectivity index (χ4v) is 5.66. The molecule has 0 atom stereocenters. The normalized spacial score (nSPS) is 11.5. The van der Waals surface area contributed by atoms with Crippen LogP contribution < -0.4 is 0 Å². The summed E-state index contributed by atoms with van der Waals surface area (Å²) in [7, 11) is 0. The maximum atomic E-state index is 6.48. The minimum atomic E-state index is 0.765. The summed E-state index contributed by atoms with van der Waals surface area (Å²) in [4.78, 5) is 3.69. The minimum absolute atomic E-state index is 0.765. The maximum Gasteiger partial charge on any atom is 0.0544 e. The van der Waals surface area contributed by atoms with Gasteiger partial charge < -0.3 is 4.98 Å². The van der Waals surface area contributed by atoms with E-state index in [1.165, 1.54) is 49.3 Å². The minimum Gasteiger partial charge on any atom is -0.354 e. The lowest BCUT2D eigenvalue weighted by Crippen LogP contribution is -1.90. The van der Waals surface area contributed by atoms with Crippen molar-refractivity contribution in [3.05, 3.63) is 132 Å². The van der Waals surface area contributed by atoms with Gasteiger partial charge in [-0.1, -0.05) is 127 Å². The number of hydrogen-bond donors (Lipinski definition) is 1. The molecule has 7 rings (SSSR count). The average Bonchev–Trinajstić information content (AvgIpc) is 3.32. The van der Waals surface area contributed by atoms with Crippen molar-refractivity contribution < 1.29 is 0 Å². The Morgan fingerprint density at radius 1 is 0.444 bits per heavy atom. The Morgan fingerprint density at radius 2 is 1.11 bits per heavy atom. The average molecular weight is 480 g/mol. The molecule has 0 radical (unpaired) electrons. The van der Waals surface area contributed by atoms with E-state index < -0.39 is 0 Å². The predicted octanol–water partition coefficient (Wildman–Crippen LogP) is 10.1. The molecule has 2 heteroatoms. The largest absolute Gasteiger partial charge is 0.354 e. The number of benzene rings is 6. The molecule has 0 spiro atoms. The van der Waals surface area contributed by atoms with Crippen molar-refractivity contribution in [1.82, 2.24) is 4.98 Å². The molecule has 1 aromatic heterocycles. The van der Waals surface area contributed by atoms with Crippen LogP contribution in [-0.2, 0) is 0 Å². The van der Waals surface area contributed by atoms with E-state index in [4.69, 9.17) is 11.6 Å². The van der Waals surface area contributed by atoms with Crippen LogP contribution in [0.25, 0.3) is 66.0 Å². The lowest BCUT2D eigenvalue weighted by Gasteiger charge is -2.16. The van der Waals surface area contributed by atoms with Gasteiger partial charge in [0.1, 0.15) is 0 Å². The van der Waals surface area contributed by atoms with E-state index in [1.807, 2.05) is 18.2 Å². The molecule has 0 bridgehead atoms. The third kappa shape index (κ3) is 3.32. The van der Waals surface area contributed by atoms with Gasteiger partial charge in [-0.2, -0.15) is 0 Å². The molecule has 1 nitrogen and oxygen atoms in total. The Bertz CT molecular complexity index is 1890. The van der Waals surface area contributed by atoms with Crippen molar-refractivity contribution >= 4 is 44.2 Å². The highest BCUT2D eigenvalue weighted by Crippen LogP contribution is 2.42. The Morgan fingerprint density at radius 3 is 1.97 bits per heavy atom. The SMILES string of the molecule is Clc1ccccc1-c1ccc(-c2c(-c3cccc4c3[nH]c3ccccc34)ccc3ccccc23)cc1. The highest BCUT2D eigenvalue weighted by Gasteiger charge is 2.16. The van der Waals surface area contributed by atoms with Crippen molar-refractivity contribution in [1.29, 1.82) is 0 Å². The van der Waals surface area contributed by atoms with Gasteiger partial charge in [0.25, 0.3) is 0 Å². The molecule has 6 aromatic carbocycles. The third-order valence-electron chi connectivity index (χ3n) is 7.12. The molecule has 170 valence electrons. The van der Waals surface area contributed by atoms with Gasteiger partial charge in [0.15, 0.2) is 0 Å². The summed E-state index contributed by atoms with van der Waals surface area (Å²) in [6.07, 6.45) is 0. The molecule has 0 saturated heterocycles. The fourth-order valence-electron chi connectivity index (χ4n) is 5.42. The molecule has 0 unspecified atom stereocenters. The molecule has 0 aliphatic heterocycles. The fraction of sp³-hybridized carbons (Fsp3) is 0. The quantitative estimate of drug-likeness (QED) is 0.259. The van der Waals surface area contributed by atoms with Crippen molar-refractivity contribution in [2.24, 2.45) is 0 Å². The predicted molar refractivity (Wildman–Crippen MR) is 155 cm³/mol. The number of para-hydroxylation sites is 2. The van der Waals surface area contributed by atoms with Crippen LogP contribution in [0.2, 0.25) is 5.02 Å². The van der Waals surface area contributed by atoms with Gasteiger partial charge in [0.2, 0.25) is 0 Å². The molecule has 0 aliphatic rings. The summed E-state index contributed by atoms with van der Waals surface area (Å²) in [5.41, 5.74) is 9.34. The van der Waals surface area contributed by atoms with Crippen LogP contribution in [0.15, 0.2) is 127 Å². The van der Waals surface area contributed by atoms with Crippen LogP contribution in [0.3, 0.4) is 0 Å². The standard InChI is InChI=1S/C34H22ClN/c35-31-14-5-3-9-25(31)23-16-18-24(19-17-23)33-26-10-2-1-8-22(26)20-21-28(33)30-13-7-12-29-27-11-4-6-15-32(27)36-34(29)30/h1-21,36H. The van der Waals surface area contributed by atoms with Crippen molar-refractivity contribution in [3.63, 3.8) is 0 Å². The van der Waals surface area contributed by atoms with Gasteiger partial charge in [-0.05, 0) is 45.2 Å². The van der Waals surface area contributed by atoms with E-state index in [1.54, 1.807) is 0 Å². The summed E-state index contributed by atoms with van der Waals surface area (Å²) < 4.78 is 0. The third-order valence-corrected chi connectivity index (χ3v) is 7.45. The van der Waals surface area contributed by atoms with Gasteiger partial charge in [-0.15, -0.1) is 0 Å². The van der Waals surface area contributed by atoms with Crippen LogP contribution >= 0.6 is 11.6 Å². The van der Waals surface area contributed by atoms with Crippen molar-refractivity contribution in [3.8, 4) is 33.4 Å². The van der Waals surface area contributed by atoms with Gasteiger partial charge in [-0.3, -0.25) is 0 Å². The number of H-pyrrole nitrogens is 1. The molecular formula is C34H22ClN. The van der Waals surface area contributed by atoms with Crippen molar-refractivity contribution in [2.45, 2.75) is 0 Å². The van der Waals surface area contributed by atoms with Crippen LogP contribution in [0.1, 0.15) is 0 Å². The van der Waals surface area contributed by atoms with E-state index in [0.29, 0.717) is 0 Å². The van der Waals surface area contributed by atoms with E-state index in [0.717, 1.165) is 21.7 Å². The molecule has 0 aliphatic carbocycles. The molecule has 7 aromatic rings. The zero-order chi connectivity index (χ0) is 24.1. The number of nitrogens with one attached hydrogen (secondary N) is 1. The summed E-state index contributed by atoms with van der Waals surface area (Å²) in [6, 6.07) is 45.0. The molecule has 0 saturated carbocycles. The number of fused-ring (bicyclic) bond motifs is 4. The summed E-state index contributed by atoms with van der Waals surface area (Å²) in [5, 5.41) is 5.74. The van der Waals surface area contributed by atoms with Crippen LogP contribution in [0.5, 0.6) is 0 Å².